The van der Waals surface area contributed by atoms with Gasteiger partial charge >= 0.3 is 5.97 Å². The van der Waals surface area contributed by atoms with Crippen LogP contribution >= 0.6 is 0 Å². The van der Waals surface area contributed by atoms with Crippen LogP contribution in [-0.4, -0.2) is 60.5 Å². The highest BCUT2D eigenvalue weighted by Gasteiger charge is 2.15. The number of carboxylic acid groups (broad SMARTS) is 1. The molecule has 0 spiro atoms. The molecule has 0 radical (unpaired) electrons. The van der Waals surface area contributed by atoms with E-state index in [9.17, 15) is 17.6 Å². The van der Waals surface area contributed by atoms with Gasteiger partial charge in [-0.1, -0.05) is 24.3 Å². The standard InChI is InChI=1S/C14H23N3O2S.C11H7FN2O2/c15-12-13-5-3-6-14(11-13)20(18,19)16-7-4-10-17-8-1-2-9-17;12-9-3-1-2-7(4-9)10-13-5-8(6-14-10)11(15)16/h3,5-6,11,16H,1-2,4,7-10,12,15H2;1-6H,(H,15,16). The van der Waals surface area contributed by atoms with E-state index >= 15 is 0 Å². The van der Waals surface area contributed by atoms with E-state index in [0.29, 0.717) is 29.4 Å². The summed E-state index contributed by atoms with van der Waals surface area (Å²) in [5.41, 5.74) is 6.87. The number of nitrogens with zero attached hydrogens (tertiary/aromatic N) is 3. The molecule has 4 rings (SSSR count). The Morgan fingerprint density at radius 3 is 2.42 bits per heavy atom. The smallest absolute Gasteiger partial charge is 0.338 e. The van der Waals surface area contributed by atoms with Crippen LogP contribution in [0.5, 0.6) is 0 Å². The lowest BCUT2D eigenvalue weighted by Gasteiger charge is -2.14. The minimum Gasteiger partial charge on any atom is -0.478 e. The molecule has 1 aliphatic heterocycles. The summed E-state index contributed by atoms with van der Waals surface area (Å²) in [5, 5.41) is 8.65. The zero-order valence-electron chi connectivity index (χ0n) is 19.8. The van der Waals surface area contributed by atoms with Gasteiger partial charge in [-0.25, -0.2) is 32.3 Å². The average molecular weight is 516 g/mol. The summed E-state index contributed by atoms with van der Waals surface area (Å²) in [6.07, 6.45) is 5.75. The molecule has 1 fully saturated rings. The van der Waals surface area contributed by atoms with Gasteiger partial charge in [0.15, 0.2) is 5.82 Å². The number of hydrogen-bond acceptors (Lipinski definition) is 7. The minimum absolute atomic E-state index is 0.000142. The number of nitrogens with one attached hydrogen (secondary N) is 1. The highest BCUT2D eigenvalue weighted by atomic mass is 32.2. The summed E-state index contributed by atoms with van der Waals surface area (Å²) < 4.78 is 39.8. The molecule has 0 amide bonds. The minimum atomic E-state index is -3.41. The largest absolute Gasteiger partial charge is 0.478 e. The number of carbonyl (C=O) groups is 1. The summed E-state index contributed by atoms with van der Waals surface area (Å²) >= 11 is 0. The maximum Gasteiger partial charge on any atom is 0.338 e. The maximum atomic E-state index is 12.9. The molecule has 192 valence electrons. The molecule has 4 N–H and O–H groups in total. The van der Waals surface area contributed by atoms with Crippen molar-refractivity contribution in [2.45, 2.75) is 30.7 Å². The average Bonchev–Trinajstić information content (AvgIpc) is 3.41. The van der Waals surface area contributed by atoms with Gasteiger partial charge in [-0.3, -0.25) is 0 Å². The maximum absolute atomic E-state index is 12.9. The monoisotopic (exact) mass is 515 g/mol. The van der Waals surface area contributed by atoms with E-state index in [2.05, 4.69) is 19.6 Å². The number of carboxylic acids is 1. The second-order valence-electron chi connectivity index (χ2n) is 8.26. The molecule has 0 aliphatic carbocycles. The van der Waals surface area contributed by atoms with E-state index in [1.165, 1.54) is 37.4 Å². The molecular formula is C25H30FN5O4S. The molecule has 0 unspecified atom stereocenters. The summed E-state index contributed by atoms with van der Waals surface area (Å²) in [6, 6.07) is 12.6. The second-order valence-corrected chi connectivity index (χ2v) is 10.0. The fraction of sp³-hybridized carbons (Fsp3) is 0.320. The van der Waals surface area contributed by atoms with E-state index in [4.69, 9.17) is 10.8 Å². The van der Waals surface area contributed by atoms with Crippen LogP contribution in [0, 0.1) is 5.82 Å². The van der Waals surface area contributed by atoms with Crippen LogP contribution in [0.3, 0.4) is 0 Å². The Hall–Kier alpha value is -3.25. The number of halogens is 1. The lowest BCUT2D eigenvalue weighted by molar-refractivity contribution is 0.0696. The van der Waals surface area contributed by atoms with Crippen LogP contribution in [0.4, 0.5) is 4.39 Å². The molecule has 0 bridgehead atoms. The van der Waals surface area contributed by atoms with E-state index in [-0.39, 0.29) is 11.4 Å². The van der Waals surface area contributed by atoms with Crippen molar-refractivity contribution in [1.82, 2.24) is 19.6 Å². The van der Waals surface area contributed by atoms with Gasteiger partial charge < -0.3 is 15.7 Å². The number of rotatable bonds is 9. The predicted octanol–water partition coefficient (Wildman–Crippen LogP) is 2.89. The van der Waals surface area contributed by atoms with Crippen LogP contribution in [-0.2, 0) is 16.6 Å². The molecule has 1 aliphatic rings. The van der Waals surface area contributed by atoms with Crippen molar-refractivity contribution in [2.24, 2.45) is 5.73 Å². The topological polar surface area (TPSA) is 139 Å². The van der Waals surface area contributed by atoms with Crippen molar-refractivity contribution in [3.63, 3.8) is 0 Å². The van der Waals surface area contributed by atoms with Crippen molar-refractivity contribution >= 4 is 16.0 Å². The molecule has 3 aromatic rings. The van der Waals surface area contributed by atoms with Crippen molar-refractivity contribution in [3.05, 3.63) is 77.9 Å². The lowest BCUT2D eigenvalue weighted by Crippen LogP contribution is -2.28. The third-order valence-corrected chi connectivity index (χ3v) is 7.03. The number of aromatic carboxylic acids is 1. The normalized spacial score (nSPS) is 13.7. The predicted molar refractivity (Wildman–Crippen MR) is 134 cm³/mol. The molecule has 9 nitrogen and oxygen atoms in total. The van der Waals surface area contributed by atoms with Crippen LogP contribution in [0.2, 0.25) is 0 Å². The van der Waals surface area contributed by atoms with Gasteiger partial charge in [-0.2, -0.15) is 0 Å². The molecule has 36 heavy (non-hydrogen) atoms. The fourth-order valence-electron chi connectivity index (χ4n) is 3.65. The number of likely N-dealkylation sites (tertiary alicyclic amines) is 1. The van der Waals surface area contributed by atoms with E-state index in [1.54, 1.807) is 30.3 Å². The number of sulfonamides is 1. The van der Waals surface area contributed by atoms with E-state index < -0.39 is 16.0 Å². The van der Waals surface area contributed by atoms with Crippen LogP contribution < -0.4 is 10.5 Å². The van der Waals surface area contributed by atoms with Gasteiger partial charge in [0.1, 0.15) is 5.82 Å². The first-order chi connectivity index (χ1) is 17.3. The summed E-state index contributed by atoms with van der Waals surface area (Å²) in [4.78, 5) is 20.9. The first kappa shape index (κ1) is 27.3. The van der Waals surface area contributed by atoms with Crippen molar-refractivity contribution in [2.75, 3.05) is 26.2 Å². The lowest BCUT2D eigenvalue weighted by atomic mass is 10.2. The first-order valence-corrected chi connectivity index (χ1v) is 13.1. The van der Waals surface area contributed by atoms with Crippen molar-refractivity contribution < 1.29 is 22.7 Å². The quantitative estimate of drug-likeness (QED) is 0.370. The SMILES string of the molecule is NCc1cccc(S(=O)(=O)NCCCN2CCCC2)c1.O=C(O)c1cnc(-c2cccc(F)c2)nc1. The number of benzene rings is 2. The van der Waals surface area contributed by atoms with Gasteiger partial charge in [0, 0.05) is 31.0 Å². The zero-order chi connectivity index (χ0) is 26.0. The molecule has 1 aromatic heterocycles. The van der Waals surface area contributed by atoms with Gasteiger partial charge in [-0.15, -0.1) is 0 Å². The van der Waals surface area contributed by atoms with Crippen molar-refractivity contribution in [3.8, 4) is 11.4 Å². The number of nitrogens with two attached hydrogens (primary N) is 1. The molecular weight excluding hydrogens is 485 g/mol. The van der Waals surface area contributed by atoms with Gasteiger partial charge in [-0.05, 0) is 68.7 Å². The Morgan fingerprint density at radius 1 is 1.08 bits per heavy atom. The first-order valence-electron chi connectivity index (χ1n) is 11.6. The Morgan fingerprint density at radius 2 is 1.78 bits per heavy atom. The fourth-order valence-corrected chi connectivity index (χ4v) is 4.80. The van der Waals surface area contributed by atoms with Crippen molar-refractivity contribution in [1.29, 1.82) is 0 Å². The second kappa shape index (κ2) is 13.2. The molecule has 2 heterocycles. The van der Waals surface area contributed by atoms with E-state index in [1.807, 2.05) is 6.07 Å². The Kier molecular flexibility index (Phi) is 10.00. The highest BCUT2D eigenvalue weighted by Crippen LogP contribution is 2.15. The Bertz CT molecular complexity index is 1250. The molecule has 11 heteroatoms. The number of hydrogen-bond donors (Lipinski definition) is 3. The zero-order valence-corrected chi connectivity index (χ0v) is 20.6. The summed E-state index contributed by atoms with van der Waals surface area (Å²) in [7, 11) is -3.41. The molecule has 0 saturated carbocycles. The van der Waals surface area contributed by atoms with Crippen LogP contribution in [0.1, 0.15) is 35.2 Å². The third kappa shape index (κ3) is 8.16. The van der Waals surface area contributed by atoms with Crippen LogP contribution in [0.15, 0.2) is 65.8 Å². The van der Waals surface area contributed by atoms with E-state index in [0.717, 1.165) is 31.6 Å². The number of aromatic nitrogens is 2. The molecule has 0 atom stereocenters. The van der Waals surface area contributed by atoms with Gasteiger partial charge in [0.2, 0.25) is 10.0 Å². The Labute approximate surface area is 210 Å². The van der Waals surface area contributed by atoms with Crippen LogP contribution in [0.25, 0.3) is 11.4 Å². The molecule has 2 aromatic carbocycles. The summed E-state index contributed by atoms with van der Waals surface area (Å²) in [6.45, 7) is 4.08. The summed E-state index contributed by atoms with van der Waals surface area (Å²) in [5.74, 6) is -1.18. The van der Waals surface area contributed by atoms with Gasteiger partial charge in [0.25, 0.3) is 0 Å². The Balaban J connectivity index is 0.000000205. The molecule has 1 saturated heterocycles. The van der Waals surface area contributed by atoms with Gasteiger partial charge in [0.05, 0.1) is 10.5 Å². The third-order valence-electron chi connectivity index (χ3n) is 5.57. The highest BCUT2D eigenvalue weighted by molar-refractivity contribution is 7.89.